The summed E-state index contributed by atoms with van der Waals surface area (Å²) >= 11 is 0. The second-order valence-electron chi connectivity index (χ2n) is 6.77. The molecule has 1 aliphatic heterocycles. The SMILES string of the molecule is CCN(C1CCNC1)S(=O)(=O)c1ccc2[nH]c(=O)c3[nH]cc(C(=O)O)c3c2c1. The number of rotatable bonds is 5. The van der Waals surface area contributed by atoms with E-state index in [1.807, 2.05) is 0 Å². The Kier molecular flexibility index (Phi) is 4.48. The normalized spacial score (nSPS) is 17.7. The number of fused-ring (bicyclic) bond motifs is 3. The second kappa shape index (κ2) is 6.73. The number of sulfonamides is 1. The molecule has 0 spiro atoms. The molecule has 1 aromatic carbocycles. The molecule has 0 aliphatic carbocycles. The molecular weight excluding hydrogens is 384 g/mol. The molecule has 0 bridgehead atoms. The van der Waals surface area contributed by atoms with Crippen molar-refractivity contribution in [1.82, 2.24) is 19.6 Å². The third-order valence-electron chi connectivity index (χ3n) is 5.21. The van der Waals surface area contributed by atoms with Crippen molar-refractivity contribution in [3.05, 3.63) is 40.3 Å². The van der Waals surface area contributed by atoms with E-state index in [9.17, 15) is 23.1 Å². The standard InChI is InChI=1S/C18H20N4O5S/c1-2-22(10-5-6-19-8-10)28(26,27)11-3-4-14-12(7-11)15-13(18(24)25)9-20-16(15)17(23)21-14/h3-4,7,9-10,19-20H,2,5-6,8H2,1H3,(H,21,23)(H,24,25). The van der Waals surface area contributed by atoms with Crippen LogP contribution in [0.5, 0.6) is 0 Å². The van der Waals surface area contributed by atoms with Gasteiger partial charge in [0.25, 0.3) is 5.56 Å². The van der Waals surface area contributed by atoms with E-state index in [2.05, 4.69) is 15.3 Å². The summed E-state index contributed by atoms with van der Waals surface area (Å²) in [6, 6.07) is 4.26. The van der Waals surface area contributed by atoms with E-state index in [1.54, 1.807) is 6.92 Å². The predicted octanol–water partition coefficient (Wildman–Crippen LogP) is 1.08. The van der Waals surface area contributed by atoms with Gasteiger partial charge in [-0.05, 0) is 31.2 Å². The summed E-state index contributed by atoms with van der Waals surface area (Å²) in [5.41, 5.74) is -0.0540. The van der Waals surface area contributed by atoms with Crippen LogP contribution in [0, 0.1) is 0 Å². The van der Waals surface area contributed by atoms with Gasteiger partial charge in [-0.1, -0.05) is 6.92 Å². The van der Waals surface area contributed by atoms with E-state index >= 15 is 0 Å². The van der Waals surface area contributed by atoms with Gasteiger partial charge in [-0.3, -0.25) is 4.79 Å². The van der Waals surface area contributed by atoms with E-state index in [1.165, 1.54) is 28.7 Å². The molecule has 1 fully saturated rings. The zero-order chi connectivity index (χ0) is 20.1. The van der Waals surface area contributed by atoms with Crippen molar-refractivity contribution in [2.75, 3.05) is 19.6 Å². The van der Waals surface area contributed by atoms with Gasteiger partial charge in [-0.2, -0.15) is 4.31 Å². The van der Waals surface area contributed by atoms with E-state index in [0.717, 1.165) is 13.0 Å². The largest absolute Gasteiger partial charge is 0.478 e. The lowest BCUT2D eigenvalue weighted by Gasteiger charge is -2.26. The third kappa shape index (κ3) is 2.81. The maximum absolute atomic E-state index is 13.3. The first-order valence-electron chi connectivity index (χ1n) is 8.97. The lowest BCUT2D eigenvalue weighted by Crippen LogP contribution is -2.41. The minimum atomic E-state index is -3.78. The topological polar surface area (TPSA) is 135 Å². The number of nitrogens with zero attached hydrogens (tertiary/aromatic N) is 1. The lowest BCUT2D eigenvalue weighted by atomic mass is 10.1. The van der Waals surface area contributed by atoms with Crippen molar-refractivity contribution < 1.29 is 18.3 Å². The Hall–Kier alpha value is -2.69. The summed E-state index contributed by atoms with van der Waals surface area (Å²) in [7, 11) is -3.78. The van der Waals surface area contributed by atoms with E-state index < -0.39 is 21.6 Å². The van der Waals surface area contributed by atoms with Gasteiger partial charge in [-0.15, -0.1) is 0 Å². The van der Waals surface area contributed by atoms with Gasteiger partial charge < -0.3 is 20.4 Å². The zero-order valence-electron chi connectivity index (χ0n) is 15.2. The molecule has 1 unspecified atom stereocenters. The first-order valence-corrected chi connectivity index (χ1v) is 10.4. The number of benzene rings is 1. The van der Waals surface area contributed by atoms with E-state index in [0.29, 0.717) is 24.0 Å². The molecule has 1 atom stereocenters. The molecule has 10 heteroatoms. The minimum absolute atomic E-state index is 0.0691. The van der Waals surface area contributed by atoms with Crippen LogP contribution in [-0.2, 0) is 10.0 Å². The van der Waals surface area contributed by atoms with Gasteiger partial charge in [0.2, 0.25) is 10.0 Å². The van der Waals surface area contributed by atoms with Crippen molar-refractivity contribution in [2.24, 2.45) is 0 Å². The first kappa shape index (κ1) is 18.7. The Bertz CT molecular complexity index is 1240. The van der Waals surface area contributed by atoms with Crippen LogP contribution in [0.15, 0.2) is 34.1 Å². The number of hydrogen-bond acceptors (Lipinski definition) is 5. The molecule has 0 amide bonds. The molecule has 148 valence electrons. The van der Waals surface area contributed by atoms with Crippen LogP contribution in [0.3, 0.4) is 0 Å². The summed E-state index contributed by atoms with van der Waals surface area (Å²) in [5, 5.41) is 13.2. The molecule has 1 saturated heterocycles. The van der Waals surface area contributed by atoms with E-state index in [-0.39, 0.29) is 27.4 Å². The van der Waals surface area contributed by atoms with Crippen molar-refractivity contribution in [3.8, 4) is 0 Å². The van der Waals surface area contributed by atoms with Gasteiger partial charge >= 0.3 is 5.97 Å². The molecule has 4 N–H and O–H groups in total. The van der Waals surface area contributed by atoms with Crippen molar-refractivity contribution in [1.29, 1.82) is 0 Å². The second-order valence-corrected chi connectivity index (χ2v) is 8.66. The number of aromatic carboxylic acids is 1. The number of aromatic amines is 2. The van der Waals surface area contributed by atoms with Crippen LogP contribution < -0.4 is 10.9 Å². The number of likely N-dealkylation sites (N-methyl/N-ethyl adjacent to an activating group) is 1. The fourth-order valence-electron chi connectivity index (χ4n) is 3.88. The Morgan fingerprint density at radius 1 is 1.36 bits per heavy atom. The van der Waals surface area contributed by atoms with Crippen LogP contribution in [0.4, 0.5) is 0 Å². The van der Waals surface area contributed by atoms with Crippen molar-refractivity contribution >= 4 is 37.8 Å². The lowest BCUT2D eigenvalue weighted by molar-refractivity contribution is 0.0699. The van der Waals surface area contributed by atoms with E-state index in [4.69, 9.17) is 0 Å². The highest BCUT2D eigenvalue weighted by Gasteiger charge is 2.32. The Morgan fingerprint density at radius 2 is 2.14 bits per heavy atom. The van der Waals surface area contributed by atoms with Gasteiger partial charge in [0.1, 0.15) is 5.52 Å². The average Bonchev–Trinajstić information content (AvgIpc) is 3.32. The average molecular weight is 404 g/mol. The molecule has 4 rings (SSSR count). The van der Waals surface area contributed by atoms with Gasteiger partial charge in [0, 0.05) is 41.6 Å². The smallest absolute Gasteiger partial charge is 0.337 e. The third-order valence-corrected chi connectivity index (χ3v) is 7.23. The fourth-order valence-corrected chi connectivity index (χ4v) is 5.57. The highest BCUT2D eigenvalue weighted by molar-refractivity contribution is 7.89. The quantitative estimate of drug-likeness (QED) is 0.502. The number of H-pyrrole nitrogens is 2. The summed E-state index contributed by atoms with van der Waals surface area (Å²) in [5.74, 6) is -1.20. The maximum atomic E-state index is 13.3. The van der Waals surface area contributed by atoms with Crippen LogP contribution in [0.25, 0.3) is 21.8 Å². The van der Waals surface area contributed by atoms with Crippen molar-refractivity contribution in [3.63, 3.8) is 0 Å². The molecule has 2 aromatic heterocycles. The van der Waals surface area contributed by atoms with Crippen LogP contribution >= 0.6 is 0 Å². The molecular formula is C18H20N4O5S. The number of carboxylic acids is 1. The van der Waals surface area contributed by atoms with Crippen LogP contribution in [0.1, 0.15) is 23.7 Å². The Labute approximate surface area is 160 Å². The van der Waals surface area contributed by atoms with Crippen molar-refractivity contribution in [2.45, 2.75) is 24.3 Å². The van der Waals surface area contributed by atoms with Crippen LogP contribution in [-0.4, -0.2) is 59.4 Å². The number of pyridine rings is 1. The minimum Gasteiger partial charge on any atom is -0.478 e. The Morgan fingerprint density at radius 3 is 2.79 bits per heavy atom. The van der Waals surface area contributed by atoms with Crippen LogP contribution in [0.2, 0.25) is 0 Å². The summed E-state index contributed by atoms with van der Waals surface area (Å²) in [6.45, 7) is 3.49. The highest BCUT2D eigenvalue weighted by atomic mass is 32.2. The van der Waals surface area contributed by atoms with Gasteiger partial charge in [-0.25, -0.2) is 13.2 Å². The molecule has 0 saturated carbocycles. The number of hydrogen-bond donors (Lipinski definition) is 4. The maximum Gasteiger partial charge on any atom is 0.337 e. The number of nitrogens with one attached hydrogen (secondary N) is 3. The molecule has 1 aliphatic rings. The number of carboxylic acid groups (broad SMARTS) is 1. The molecule has 28 heavy (non-hydrogen) atoms. The molecule has 3 heterocycles. The summed E-state index contributed by atoms with van der Waals surface area (Å²) in [6.07, 6.45) is 1.98. The Balaban J connectivity index is 1.95. The monoisotopic (exact) mass is 404 g/mol. The predicted molar refractivity (Wildman–Crippen MR) is 104 cm³/mol. The summed E-state index contributed by atoms with van der Waals surface area (Å²) < 4.78 is 28.0. The molecule has 3 aromatic rings. The number of aromatic nitrogens is 2. The highest BCUT2D eigenvalue weighted by Crippen LogP contribution is 2.29. The van der Waals surface area contributed by atoms with Gasteiger partial charge in [0.15, 0.2) is 0 Å². The molecule has 9 nitrogen and oxygen atoms in total. The molecule has 0 radical (unpaired) electrons. The van der Waals surface area contributed by atoms with Gasteiger partial charge in [0.05, 0.1) is 10.5 Å². The number of carbonyl (C=O) groups is 1. The fraction of sp³-hybridized carbons (Fsp3) is 0.333. The first-order chi connectivity index (χ1) is 13.3. The summed E-state index contributed by atoms with van der Waals surface area (Å²) in [4.78, 5) is 29.2. The zero-order valence-corrected chi connectivity index (χ0v) is 16.0.